The van der Waals surface area contributed by atoms with E-state index in [1.165, 1.54) is 0 Å². The Morgan fingerprint density at radius 2 is 1.81 bits per heavy atom. The van der Waals surface area contributed by atoms with Gasteiger partial charge >= 0.3 is 0 Å². The first-order valence-electron chi connectivity index (χ1n) is 4.00. The third-order valence-corrected chi connectivity index (χ3v) is 3.96. The van der Waals surface area contributed by atoms with Gasteiger partial charge in [-0.15, -0.1) is 0 Å². The van der Waals surface area contributed by atoms with Gasteiger partial charge in [-0.3, -0.25) is 0 Å². The Hall–Kier alpha value is -0.660. The molecule has 1 aromatic carbocycles. The van der Waals surface area contributed by atoms with Crippen LogP contribution in [-0.4, -0.2) is 23.1 Å². The summed E-state index contributed by atoms with van der Waals surface area (Å²) in [5.74, 6) is -1.30. The highest BCUT2D eigenvalue weighted by molar-refractivity contribution is 8.13. The second kappa shape index (κ2) is 4.31. The van der Waals surface area contributed by atoms with Crippen LogP contribution in [0.15, 0.2) is 23.1 Å². The highest BCUT2D eigenvalue weighted by Gasteiger charge is 2.19. The van der Waals surface area contributed by atoms with Crippen LogP contribution in [0.3, 0.4) is 0 Å². The van der Waals surface area contributed by atoms with E-state index in [-0.39, 0.29) is 10.5 Å². The molecule has 0 amide bonds. The molecular formula is C8H8ClFO4S2. The van der Waals surface area contributed by atoms with Gasteiger partial charge in [-0.2, -0.15) is 0 Å². The average molecular weight is 287 g/mol. The Kier molecular flexibility index (Phi) is 3.61. The van der Waals surface area contributed by atoms with Crippen LogP contribution >= 0.6 is 10.7 Å². The van der Waals surface area contributed by atoms with E-state index < -0.39 is 30.5 Å². The molecule has 8 heteroatoms. The van der Waals surface area contributed by atoms with Crippen LogP contribution < -0.4 is 0 Å². The van der Waals surface area contributed by atoms with Gasteiger partial charge < -0.3 is 0 Å². The van der Waals surface area contributed by atoms with Crippen LogP contribution in [0.4, 0.5) is 4.39 Å². The molecule has 0 bridgehead atoms. The molecule has 16 heavy (non-hydrogen) atoms. The maximum atomic E-state index is 12.9. The molecule has 0 atom stereocenters. The van der Waals surface area contributed by atoms with Crippen LogP contribution in [0.2, 0.25) is 0 Å². The lowest BCUT2D eigenvalue weighted by Crippen LogP contribution is -2.06. The van der Waals surface area contributed by atoms with Crippen molar-refractivity contribution in [3.05, 3.63) is 29.6 Å². The first kappa shape index (κ1) is 13.4. The zero-order valence-electron chi connectivity index (χ0n) is 8.14. The number of hydrogen-bond donors (Lipinski definition) is 0. The summed E-state index contributed by atoms with van der Waals surface area (Å²) in [6, 6.07) is 2.69. The minimum atomic E-state index is -4.08. The van der Waals surface area contributed by atoms with Crippen molar-refractivity contribution >= 4 is 29.6 Å². The molecule has 0 radical (unpaired) electrons. The molecule has 0 aliphatic rings. The van der Waals surface area contributed by atoms with Crippen molar-refractivity contribution < 1.29 is 21.2 Å². The maximum absolute atomic E-state index is 12.9. The zero-order chi connectivity index (χ0) is 12.6. The number of benzene rings is 1. The van der Waals surface area contributed by atoms with Crippen molar-refractivity contribution in [1.29, 1.82) is 0 Å². The van der Waals surface area contributed by atoms with Crippen LogP contribution in [-0.2, 0) is 24.6 Å². The predicted octanol–water partition coefficient (Wildman–Crippen LogP) is 1.30. The normalized spacial score (nSPS) is 12.7. The average Bonchev–Trinajstić information content (AvgIpc) is 1.97. The van der Waals surface area contributed by atoms with E-state index in [1.54, 1.807) is 0 Å². The summed E-state index contributed by atoms with van der Waals surface area (Å²) in [4.78, 5) is -0.388. The molecule has 0 aliphatic heterocycles. The van der Waals surface area contributed by atoms with Gasteiger partial charge in [0.2, 0.25) is 0 Å². The van der Waals surface area contributed by atoms with Gasteiger partial charge in [0.1, 0.15) is 5.82 Å². The fourth-order valence-corrected chi connectivity index (χ4v) is 3.20. The highest BCUT2D eigenvalue weighted by Crippen LogP contribution is 2.22. The van der Waals surface area contributed by atoms with Crippen molar-refractivity contribution in [1.82, 2.24) is 0 Å². The smallest absolute Gasteiger partial charge is 0.229 e. The van der Waals surface area contributed by atoms with E-state index in [0.717, 1.165) is 24.5 Å². The van der Waals surface area contributed by atoms with Gasteiger partial charge in [0.25, 0.3) is 9.05 Å². The molecule has 1 aromatic rings. The summed E-state index contributed by atoms with van der Waals surface area (Å²) in [6.45, 7) is 0. The lowest BCUT2D eigenvalue weighted by molar-refractivity contribution is 0.598. The molecule has 0 spiro atoms. The molecule has 0 saturated heterocycles. The summed E-state index contributed by atoms with van der Waals surface area (Å²) in [5.41, 5.74) is -0.169. The maximum Gasteiger partial charge on any atom is 0.261 e. The number of hydrogen-bond acceptors (Lipinski definition) is 4. The van der Waals surface area contributed by atoms with Gasteiger partial charge in [-0.1, -0.05) is 0 Å². The largest absolute Gasteiger partial charge is 0.261 e. The van der Waals surface area contributed by atoms with Crippen molar-refractivity contribution in [3.63, 3.8) is 0 Å². The van der Waals surface area contributed by atoms with Crippen molar-refractivity contribution in [3.8, 4) is 0 Å². The third-order valence-electron chi connectivity index (χ3n) is 1.70. The highest BCUT2D eigenvalue weighted by atomic mass is 35.7. The van der Waals surface area contributed by atoms with E-state index in [1.807, 2.05) is 0 Å². The van der Waals surface area contributed by atoms with Crippen molar-refractivity contribution in [2.24, 2.45) is 0 Å². The molecular weight excluding hydrogens is 279 g/mol. The summed E-state index contributed by atoms with van der Waals surface area (Å²) in [5, 5.41) is 0. The Balaban J connectivity index is 3.42. The van der Waals surface area contributed by atoms with E-state index >= 15 is 0 Å². The standard InChI is InChI=1S/C8H8ClFO4S2/c1-15(11,12)5-6-4-7(10)2-3-8(6)16(9,13)14/h2-4H,5H2,1H3. The molecule has 0 fully saturated rings. The first-order chi connectivity index (χ1) is 7.09. The Bertz CT molecular complexity index is 607. The number of rotatable bonds is 3. The van der Waals surface area contributed by atoms with E-state index in [9.17, 15) is 21.2 Å². The Morgan fingerprint density at radius 1 is 1.25 bits per heavy atom. The van der Waals surface area contributed by atoms with Crippen LogP contribution in [0, 0.1) is 5.82 Å². The topological polar surface area (TPSA) is 68.3 Å². The monoisotopic (exact) mass is 286 g/mol. The molecule has 0 aliphatic carbocycles. The summed E-state index contributed by atoms with van der Waals surface area (Å²) >= 11 is 0. The lowest BCUT2D eigenvalue weighted by Gasteiger charge is -2.05. The molecule has 0 aromatic heterocycles. The minimum Gasteiger partial charge on any atom is -0.229 e. The molecule has 0 unspecified atom stereocenters. The minimum absolute atomic E-state index is 0.169. The molecule has 0 saturated carbocycles. The van der Waals surface area contributed by atoms with Crippen molar-refractivity contribution in [2.75, 3.05) is 6.26 Å². The third kappa shape index (κ3) is 3.73. The van der Waals surface area contributed by atoms with Gasteiger partial charge in [0.15, 0.2) is 9.84 Å². The summed E-state index contributed by atoms with van der Waals surface area (Å²) in [6.07, 6.45) is 0.919. The van der Waals surface area contributed by atoms with E-state index in [0.29, 0.717) is 0 Å². The molecule has 90 valence electrons. The molecule has 1 rings (SSSR count). The quantitative estimate of drug-likeness (QED) is 0.786. The number of sulfone groups is 1. The fourth-order valence-electron chi connectivity index (χ4n) is 1.18. The van der Waals surface area contributed by atoms with Crippen LogP contribution in [0.5, 0.6) is 0 Å². The summed E-state index contributed by atoms with van der Waals surface area (Å²) < 4.78 is 57.1. The number of halogens is 2. The SMILES string of the molecule is CS(=O)(=O)Cc1cc(F)ccc1S(=O)(=O)Cl. The van der Waals surface area contributed by atoms with E-state index in [2.05, 4.69) is 0 Å². The van der Waals surface area contributed by atoms with Gasteiger partial charge in [0, 0.05) is 16.9 Å². The van der Waals surface area contributed by atoms with Gasteiger partial charge in [-0.25, -0.2) is 21.2 Å². The van der Waals surface area contributed by atoms with Crippen LogP contribution in [0.1, 0.15) is 5.56 Å². The molecule has 0 N–H and O–H groups in total. The Morgan fingerprint density at radius 3 is 2.25 bits per heavy atom. The Labute approximate surface area is 97.4 Å². The van der Waals surface area contributed by atoms with E-state index in [4.69, 9.17) is 10.7 Å². The second-order valence-corrected chi connectivity index (χ2v) is 7.93. The predicted molar refractivity (Wildman–Crippen MR) is 58.0 cm³/mol. The molecule has 4 nitrogen and oxygen atoms in total. The first-order valence-corrected chi connectivity index (χ1v) is 8.37. The fraction of sp³-hybridized carbons (Fsp3) is 0.250. The lowest BCUT2D eigenvalue weighted by atomic mass is 10.2. The second-order valence-electron chi connectivity index (χ2n) is 3.26. The van der Waals surface area contributed by atoms with Crippen LogP contribution in [0.25, 0.3) is 0 Å². The zero-order valence-corrected chi connectivity index (χ0v) is 10.5. The van der Waals surface area contributed by atoms with Crippen molar-refractivity contribution in [2.45, 2.75) is 10.6 Å². The summed E-state index contributed by atoms with van der Waals surface area (Å²) in [7, 11) is -2.45. The molecule has 0 heterocycles. The van der Waals surface area contributed by atoms with Gasteiger partial charge in [-0.05, 0) is 23.8 Å². The van der Waals surface area contributed by atoms with Gasteiger partial charge in [0.05, 0.1) is 10.6 Å².